The minimum atomic E-state index is -1.91. The Labute approximate surface area is 589 Å². The van der Waals surface area contributed by atoms with Crippen LogP contribution in [0, 0.1) is 0 Å². The smallest absolute Gasteiger partial charge is 0.411 e. The first kappa shape index (κ1) is 80.3. The molecule has 0 amide bonds. The minimum Gasteiger partial charge on any atom is -0.411 e. The molecular formula is C68H104BBrN12O6S4Si2. The van der Waals surface area contributed by atoms with Crippen molar-refractivity contribution in [1.29, 1.82) is 0 Å². The summed E-state index contributed by atoms with van der Waals surface area (Å²) in [4.78, 5) is 28.0. The quantitative estimate of drug-likeness (QED) is 0.0538. The molecule has 0 spiro atoms. The summed E-state index contributed by atoms with van der Waals surface area (Å²) in [5.41, 5.74) is 7.26. The summed E-state index contributed by atoms with van der Waals surface area (Å²) in [5.74, 6) is 1.03. The summed E-state index contributed by atoms with van der Waals surface area (Å²) >= 11 is 3.37. The van der Waals surface area contributed by atoms with E-state index in [-0.39, 0.29) is 58.6 Å². The number of aromatic nitrogens is 10. The first-order valence-electron chi connectivity index (χ1n) is 31.9. The molecule has 0 unspecified atom stereocenters. The van der Waals surface area contributed by atoms with Gasteiger partial charge in [-0.25, -0.2) is 42.8 Å². The summed E-state index contributed by atoms with van der Waals surface area (Å²) in [6, 6.07) is 27.9. The molecule has 8 aromatic rings. The summed E-state index contributed by atoms with van der Waals surface area (Å²) < 4.78 is 60.5. The fourth-order valence-corrected chi connectivity index (χ4v) is 12.8. The molecule has 2 N–H and O–H groups in total. The molecule has 2 aromatic carbocycles. The zero-order valence-corrected chi connectivity index (χ0v) is 66.7. The number of benzene rings is 2. The third kappa shape index (κ3) is 20.6. The molecule has 0 aliphatic carbocycles. The predicted molar refractivity (Wildman–Crippen MR) is 406 cm³/mol. The van der Waals surface area contributed by atoms with Gasteiger partial charge in [-0.2, -0.15) is 46.6 Å². The second-order valence-electron chi connectivity index (χ2n) is 29.6. The topological polar surface area (TPSA) is 208 Å². The molecule has 4 atom stereocenters. The molecular weight excluding hydrogens is 1360 g/mol. The lowest BCUT2D eigenvalue weighted by Gasteiger charge is -2.36. The highest BCUT2D eigenvalue weighted by Gasteiger charge is 2.52. The van der Waals surface area contributed by atoms with Crippen LogP contribution in [0.1, 0.15) is 185 Å². The number of nitrogens with zero attached hydrogens (tertiary/aromatic N) is 10. The zero-order valence-electron chi connectivity index (χ0n) is 59.5. The van der Waals surface area contributed by atoms with Crippen molar-refractivity contribution in [3.05, 3.63) is 137 Å². The van der Waals surface area contributed by atoms with Crippen LogP contribution in [-0.4, -0.2) is 102 Å². The lowest BCUT2D eigenvalue weighted by molar-refractivity contribution is 0.00578. The number of hydrogen-bond acceptors (Lipinski definition) is 14. The lowest BCUT2D eigenvalue weighted by Crippen LogP contribution is -2.41. The lowest BCUT2D eigenvalue weighted by atomic mass is 9.79. The van der Waals surface area contributed by atoms with Crippen LogP contribution in [0.3, 0.4) is 0 Å². The Hall–Kier alpha value is -4.42. The van der Waals surface area contributed by atoms with Gasteiger partial charge in [-0.15, -0.1) is 0 Å². The summed E-state index contributed by atoms with van der Waals surface area (Å²) in [6.45, 7) is 47.6. The van der Waals surface area contributed by atoms with Gasteiger partial charge in [-0.1, -0.05) is 105 Å². The van der Waals surface area contributed by atoms with E-state index in [0.717, 1.165) is 91.6 Å². The second-order valence-corrected chi connectivity index (χ2v) is 44.0. The number of pyridine rings is 2. The molecule has 7 heterocycles. The van der Waals surface area contributed by atoms with Crippen LogP contribution < -0.4 is 14.9 Å². The minimum absolute atomic E-state index is 0. The average molecular weight is 1460 g/mol. The molecule has 0 saturated carbocycles. The van der Waals surface area contributed by atoms with Gasteiger partial charge in [0.1, 0.15) is 4.60 Å². The Morgan fingerprint density at radius 2 is 1.01 bits per heavy atom. The van der Waals surface area contributed by atoms with Crippen LogP contribution in [0.4, 0.5) is 0 Å². The van der Waals surface area contributed by atoms with Gasteiger partial charge in [-0.05, 0) is 188 Å². The molecule has 94 heavy (non-hydrogen) atoms. The van der Waals surface area contributed by atoms with E-state index in [1.807, 2.05) is 127 Å². The van der Waals surface area contributed by atoms with Crippen molar-refractivity contribution < 1.29 is 26.6 Å². The van der Waals surface area contributed by atoms with Gasteiger partial charge in [0.15, 0.2) is 16.6 Å². The number of nitrogens with one attached hydrogen (secondary N) is 2. The summed E-state index contributed by atoms with van der Waals surface area (Å²) in [6.07, 6.45) is 10.9. The van der Waals surface area contributed by atoms with Gasteiger partial charge in [0, 0.05) is 28.7 Å². The SMILES string of the molecule is CC1(C)OB(c2ccc3cnn(-c4nccc(CO[Si](C)(C)C(C)(C)C)n4)c3c2)OC1(C)C.CCC[C@H](N[S@](=O)C(C)(C)C)c1cccc(-c2ccc3cnn(-c4nccc(CO[Si](C)(C)C(C)(C)C)n4)c3c2)n1.CCC[C@H](N[S@](=O)C(C)(C)C)c1cccc(Br)n1.S.S. The molecule has 1 aliphatic heterocycles. The van der Waals surface area contributed by atoms with Crippen molar-refractivity contribution in [2.75, 3.05) is 0 Å². The van der Waals surface area contributed by atoms with Crippen molar-refractivity contribution in [3.63, 3.8) is 0 Å². The van der Waals surface area contributed by atoms with Gasteiger partial charge in [0.2, 0.25) is 0 Å². The highest BCUT2D eigenvalue weighted by Crippen LogP contribution is 2.39. The van der Waals surface area contributed by atoms with Crippen LogP contribution in [-0.2, 0) is 53.3 Å². The van der Waals surface area contributed by atoms with Crippen LogP contribution in [0.25, 0.3) is 45.0 Å². The molecule has 26 heteroatoms. The maximum Gasteiger partial charge on any atom is 0.494 e. The molecule has 6 aromatic heterocycles. The van der Waals surface area contributed by atoms with Crippen molar-refractivity contribution >= 4 is 116 Å². The van der Waals surface area contributed by atoms with Gasteiger partial charge in [0.25, 0.3) is 11.9 Å². The Morgan fingerprint density at radius 1 is 0.585 bits per heavy atom. The van der Waals surface area contributed by atoms with E-state index in [4.69, 9.17) is 33.1 Å². The molecule has 1 saturated heterocycles. The predicted octanol–water partition coefficient (Wildman–Crippen LogP) is 15.9. The van der Waals surface area contributed by atoms with Gasteiger partial charge >= 0.3 is 7.12 Å². The average Bonchev–Trinajstić information content (AvgIpc) is 1.61. The number of hydrogen-bond donors (Lipinski definition) is 2. The maximum atomic E-state index is 12.9. The molecule has 1 aliphatic rings. The fraction of sp³-hybridized carbons (Fsp3) is 0.529. The standard InChI is InChI=1S/C31H44N6O2SSi.C24H35BN4O3Si.C13H21BrN2OS.2H2S/c1-10-12-27(36-40(38)30(2,3)4)26-14-11-13-25(35-26)22-15-16-23-20-33-37(28(23)19-22)29-32-18-17-24(34-29)21-39-41(8,9)31(5,6)7;1-22(2,3)33(8,9)30-16-19-12-13-26-21(28-19)29-20-14-18(11-10-17(20)15-27-29)25-31-23(4,5)24(6,7)32-25;1-5-7-11(16-18(17)13(2,3)4)10-8-6-9-12(14)15-10;;/h11,13-20,27,36H,10,12,21H2,1-9H3;10-15H,16H2,1-9H3;6,8-9,11,16H,5,7H2,1-4H3;2*1H2/t27-,40+;;11-,18+;;/m0.0../s1. The molecule has 9 rings (SSSR count). The molecule has 1 fully saturated rings. The largest absolute Gasteiger partial charge is 0.494 e. The van der Waals surface area contributed by atoms with E-state index in [9.17, 15) is 8.42 Å². The van der Waals surface area contributed by atoms with Crippen molar-refractivity contribution in [2.45, 2.75) is 233 Å². The fourth-order valence-electron chi connectivity index (χ4n) is 8.88. The third-order valence-corrected chi connectivity index (χ3v) is 30.1. The van der Waals surface area contributed by atoms with E-state index in [1.54, 1.807) is 21.8 Å². The third-order valence-electron chi connectivity index (χ3n) is 17.5. The van der Waals surface area contributed by atoms with Crippen LogP contribution in [0.5, 0.6) is 0 Å². The molecule has 0 radical (unpaired) electrons. The van der Waals surface area contributed by atoms with E-state index >= 15 is 0 Å². The van der Waals surface area contributed by atoms with E-state index in [0.29, 0.717) is 25.1 Å². The Kier molecular flexibility index (Phi) is 27.8. The number of halogens is 1. The maximum absolute atomic E-state index is 12.9. The Morgan fingerprint density at radius 3 is 1.44 bits per heavy atom. The molecule has 18 nitrogen and oxygen atoms in total. The van der Waals surface area contributed by atoms with Gasteiger partial charge in [0.05, 0.1) is 120 Å². The Bertz CT molecular complexity index is 3830. The highest BCUT2D eigenvalue weighted by molar-refractivity contribution is 9.10. The van der Waals surface area contributed by atoms with E-state index < -0.39 is 56.9 Å². The molecule has 0 bridgehead atoms. The van der Waals surface area contributed by atoms with Crippen LogP contribution in [0.15, 0.2) is 114 Å². The molecule has 514 valence electrons. The van der Waals surface area contributed by atoms with Crippen molar-refractivity contribution in [1.82, 2.24) is 58.9 Å². The first-order chi connectivity index (χ1) is 42.7. The highest BCUT2D eigenvalue weighted by atomic mass is 79.9. The van der Waals surface area contributed by atoms with Gasteiger partial charge in [-0.3, -0.25) is 4.98 Å². The van der Waals surface area contributed by atoms with E-state index in [2.05, 4.69) is 172 Å². The van der Waals surface area contributed by atoms with E-state index in [1.165, 1.54) is 0 Å². The number of rotatable bonds is 20. The summed E-state index contributed by atoms with van der Waals surface area (Å²) in [5, 5.41) is 11.4. The zero-order chi connectivity index (χ0) is 68.0. The first-order valence-corrected chi connectivity index (χ1v) is 40.8. The second kappa shape index (κ2) is 32.5. The van der Waals surface area contributed by atoms with Crippen molar-refractivity contribution in [2.24, 2.45) is 0 Å². The van der Waals surface area contributed by atoms with Crippen LogP contribution >= 0.6 is 42.9 Å². The monoisotopic (exact) mass is 1460 g/mol. The number of fused-ring (bicyclic) bond motifs is 2. The summed E-state index contributed by atoms with van der Waals surface area (Å²) in [7, 11) is -6.49. The van der Waals surface area contributed by atoms with Crippen LogP contribution in [0.2, 0.25) is 36.3 Å². The normalized spacial score (nSPS) is 15.6. The Balaban J connectivity index is 0.000000271. The van der Waals surface area contributed by atoms with Gasteiger partial charge < -0.3 is 18.2 Å². The van der Waals surface area contributed by atoms with Crippen molar-refractivity contribution in [3.8, 4) is 23.2 Å².